The predicted molar refractivity (Wildman–Crippen MR) is 100 cm³/mol. The van der Waals surface area contributed by atoms with E-state index in [4.69, 9.17) is 4.74 Å². The van der Waals surface area contributed by atoms with Crippen LogP contribution in [-0.4, -0.2) is 35.9 Å². The molecule has 1 atom stereocenters. The molecule has 1 fully saturated rings. The highest BCUT2D eigenvalue weighted by Crippen LogP contribution is 2.18. The number of ether oxygens (including phenoxy) is 1. The Morgan fingerprint density at radius 2 is 1.86 bits per heavy atom. The van der Waals surface area contributed by atoms with Crippen LogP contribution in [-0.2, 0) is 16.1 Å². The van der Waals surface area contributed by atoms with E-state index in [1.165, 1.54) is 6.07 Å². The average molecular weight is 403 g/mol. The van der Waals surface area contributed by atoms with E-state index in [9.17, 15) is 23.2 Å². The van der Waals surface area contributed by atoms with Crippen molar-refractivity contribution in [2.75, 3.05) is 12.4 Å². The topological polar surface area (TPSA) is 87.7 Å². The standard InChI is InChI=1S/C20H19F2N3O4/c1-29-14-5-2-12(3-6-14)11-25-19(27)17(24-20(25)28)8-9-18(26)23-13-4-7-15(21)16(22)10-13/h2-7,10,17H,8-9,11H2,1H3,(H,23,26)(H,24,28)/t17-/m0/s1. The van der Waals surface area contributed by atoms with Gasteiger partial charge in [0.1, 0.15) is 11.8 Å². The van der Waals surface area contributed by atoms with E-state index in [1.807, 2.05) is 0 Å². The number of halogens is 2. The van der Waals surface area contributed by atoms with Crippen molar-refractivity contribution in [2.45, 2.75) is 25.4 Å². The van der Waals surface area contributed by atoms with Crippen molar-refractivity contribution in [3.63, 3.8) is 0 Å². The molecule has 2 aromatic rings. The number of carbonyl (C=O) groups excluding carboxylic acids is 3. The minimum Gasteiger partial charge on any atom is -0.497 e. The number of rotatable bonds is 7. The highest BCUT2D eigenvalue weighted by atomic mass is 19.2. The summed E-state index contributed by atoms with van der Waals surface area (Å²) in [6.07, 6.45) is 0.00521. The fourth-order valence-corrected chi connectivity index (χ4v) is 2.91. The van der Waals surface area contributed by atoms with Gasteiger partial charge in [-0.25, -0.2) is 13.6 Å². The van der Waals surface area contributed by atoms with Crippen molar-refractivity contribution in [3.8, 4) is 5.75 Å². The van der Waals surface area contributed by atoms with Crippen LogP contribution in [0.5, 0.6) is 5.75 Å². The first-order chi connectivity index (χ1) is 13.9. The third-order valence-corrected chi connectivity index (χ3v) is 4.47. The van der Waals surface area contributed by atoms with Gasteiger partial charge in [-0.3, -0.25) is 14.5 Å². The molecule has 0 bridgehead atoms. The van der Waals surface area contributed by atoms with Crippen molar-refractivity contribution in [2.24, 2.45) is 0 Å². The Morgan fingerprint density at radius 3 is 2.52 bits per heavy atom. The lowest BCUT2D eigenvalue weighted by Crippen LogP contribution is -2.31. The van der Waals surface area contributed by atoms with Crippen LogP contribution >= 0.6 is 0 Å². The Hall–Kier alpha value is -3.49. The minimum absolute atomic E-state index is 0.0773. The molecule has 29 heavy (non-hydrogen) atoms. The van der Waals surface area contributed by atoms with Crippen LogP contribution in [0.25, 0.3) is 0 Å². The number of carbonyl (C=O) groups is 3. The zero-order valence-electron chi connectivity index (χ0n) is 15.6. The second-order valence-electron chi connectivity index (χ2n) is 6.49. The Morgan fingerprint density at radius 1 is 1.14 bits per heavy atom. The number of amides is 4. The van der Waals surface area contributed by atoms with Crippen LogP contribution in [0.1, 0.15) is 18.4 Å². The summed E-state index contributed by atoms with van der Waals surface area (Å²) in [7, 11) is 1.54. The van der Waals surface area contributed by atoms with Crippen LogP contribution in [0.2, 0.25) is 0 Å². The van der Waals surface area contributed by atoms with Gasteiger partial charge in [0.05, 0.1) is 13.7 Å². The summed E-state index contributed by atoms with van der Waals surface area (Å²) in [5.41, 5.74) is 0.864. The minimum atomic E-state index is -1.07. The van der Waals surface area contributed by atoms with Crippen molar-refractivity contribution in [3.05, 3.63) is 59.7 Å². The number of benzene rings is 2. The van der Waals surface area contributed by atoms with Gasteiger partial charge in [-0.15, -0.1) is 0 Å². The van der Waals surface area contributed by atoms with Gasteiger partial charge < -0.3 is 15.4 Å². The van der Waals surface area contributed by atoms with Crippen LogP contribution < -0.4 is 15.4 Å². The number of hydrogen-bond acceptors (Lipinski definition) is 4. The van der Waals surface area contributed by atoms with Crippen LogP contribution in [0.3, 0.4) is 0 Å². The van der Waals surface area contributed by atoms with Gasteiger partial charge in [0.2, 0.25) is 5.91 Å². The molecule has 0 spiro atoms. The Balaban J connectivity index is 1.53. The molecule has 9 heteroatoms. The highest BCUT2D eigenvalue weighted by molar-refractivity contribution is 6.04. The molecule has 2 aromatic carbocycles. The van der Waals surface area contributed by atoms with E-state index in [0.717, 1.165) is 22.6 Å². The first-order valence-electron chi connectivity index (χ1n) is 8.87. The van der Waals surface area contributed by atoms with E-state index in [2.05, 4.69) is 10.6 Å². The molecule has 1 saturated heterocycles. The number of hydrogen-bond donors (Lipinski definition) is 2. The molecule has 4 amide bonds. The van der Waals surface area contributed by atoms with Crippen LogP contribution in [0, 0.1) is 11.6 Å². The maximum absolute atomic E-state index is 13.2. The van der Waals surface area contributed by atoms with E-state index in [0.29, 0.717) is 5.75 Å². The molecule has 7 nitrogen and oxygen atoms in total. The summed E-state index contributed by atoms with van der Waals surface area (Å²) in [5.74, 6) is -2.33. The molecule has 1 heterocycles. The molecule has 1 aliphatic rings. The summed E-state index contributed by atoms with van der Waals surface area (Å²) in [6, 6.07) is 8.62. The Kier molecular flexibility index (Phi) is 6.06. The van der Waals surface area contributed by atoms with Crippen LogP contribution in [0.15, 0.2) is 42.5 Å². The first kappa shape index (κ1) is 20.2. The van der Waals surface area contributed by atoms with E-state index in [1.54, 1.807) is 31.4 Å². The van der Waals surface area contributed by atoms with E-state index < -0.39 is 35.5 Å². The number of anilines is 1. The van der Waals surface area contributed by atoms with Gasteiger partial charge >= 0.3 is 6.03 Å². The number of methoxy groups -OCH3 is 1. The molecule has 3 rings (SSSR count). The Bertz CT molecular complexity index is 934. The molecule has 152 valence electrons. The second-order valence-corrected chi connectivity index (χ2v) is 6.49. The Labute approximate surface area is 165 Å². The first-order valence-corrected chi connectivity index (χ1v) is 8.87. The van der Waals surface area contributed by atoms with Gasteiger partial charge in [-0.2, -0.15) is 0 Å². The summed E-state index contributed by atoms with van der Waals surface area (Å²) in [4.78, 5) is 37.7. The normalized spacial score (nSPS) is 16.0. The van der Waals surface area contributed by atoms with Gasteiger partial charge in [0.25, 0.3) is 5.91 Å². The summed E-state index contributed by atoms with van der Waals surface area (Å²) in [5, 5.41) is 4.98. The molecule has 0 saturated carbocycles. The lowest BCUT2D eigenvalue weighted by molar-refractivity contribution is -0.128. The van der Waals surface area contributed by atoms with Crippen molar-refractivity contribution >= 4 is 23.5 Å². The second kappa shape index (κ2) is 8.68. The third kappa shape index (κ3) is 4.87. The van der Waals surface area contributed by atoms with E-state index >= 15 is 0 Å². The number of nitrogens with one attached hydrogen (secondary N) is 2. The summed E-state index contributed by atoms with van der Waals surface area (Å²) < 4.78 is 31.2. The monoisotopic (exact) mass is 403 g/mol. The van der Waals surface area contributed by atoms with Gasteiger partial charge in [-0.05, 0) is 36.2 Å². The maximum Gasteiger partial charge on any atom is 0.325 e. The molecule has 0 aromatic heterocycles. The molecule has 2 N–H and O–H groups in total. The molecular formula is C20H19F2N3O4. The highest BCUT2D eigenvalue weighted by Gasteiger charge is 2.37. The molecular weight excluding hydrogens is 384 g/mol. The van der Waals surface area contributed by atoms with Gasteiger partial charge in [-0.1, -0.05) is 12.1 Å². The fraction of sp³-hybridized carbons (Fsp3) is 0.250. The smallest absolute Gasteiger partial charge is 0.325 e. The average Bonchev–Trinajstić information content (AvgIpc) is 2.97. The van der Waals surface area contributed by atoms with Gasteiger partial charge in [0.15, 0.2) is 11.6 Å². The number of imide groups is 1. The number of nitrogens with zero attached hydrogens (tertiary/aromatic N) is 1. The molecule has 1 aliphatic heterocycles. The molecule has 0 radical (unpaired) electrons. The zero-order chi connectivity index (χ0) is 21.0. The van der Waals surface area contributed by atoms with Gasteiger partial charge in [0, 0.05) is 18.2 Å². The van der Waals surface area contributed by atoms with Crippen LogP contribution in [0.4, 0.5) is 19.3 Å². The third-order valence-electron chi connectivity index (χ3n) is 4.47. The summed E-state index contributed by atoms with van der Waals surface area (Å²) >= 11 is 0. The SMILES string of the molecule is COc1ccc(CN2C(=O)N[C@@H](CCC(=O)Nc3ccc(F)c(F)c3)C2=O)cc1. The summed E-state index contributed by atoms with van der Waals surface area (Å²) in [6.45, 7) is 0.103. The quantitative estimate of drug-likeness (QED) is 0.696. The fourth-order valence-electron chi connectivity index (χ4n) is 2.91. The molecule has 0 aliphatic carbocycles. The van der Waals surface area contributed by atoms with Crippen molar-refractivity contribution < 1.29 is 27.9 Å². The maximum atomic E-state index is 13.2. The van der Waals surface area contributed by atoms with Crippen molar-refractivity contribution in [1.82, 2.24) is 10.2 Å². The van der Waals surface area contributed by atoms with E-state index in [-0.39, 0.29) is 25.1 Å². The number of urea groups is 1. The molecule has 0 unspecified atom stereocenters. The lowest BCUT2D eigenvalue weighted by Gasteiger charge is -2.13. The predicted octanol–water partition coefficient (Wildman–Crippen LogP) is 2.81. The largest absolute Gasteiger partial charge is 0.497 e. The lowest BCUT2D eigenvalue weighted by atomic mass is 10.1. The zero-order valence-corrected chi connectivity index (χ0v) is 15.6. The van der Waals surface area contributed by atoms with Crippen molar-refractivity contribution in [1.29, 1.82) is 0 Å².